The third kappa shape index (κ3) is 3.58. The third-order valence-electron chi connectivity index (χ3n) is 5.31. The van der Waals surface area contributed by atoms with Gasteiger partial charge in [-0.1, -0.05) is 65.0 Å². The molecular weight excluding hydrogens is 358 g/mol. The maximum atomic E-state index is 8.79. The summed E-state index contributed by atoms with van der Waals surface area (Å²) in [5.74, 6) is -0.581. The minimum Gasteiger partial charge on any atom is -0.256 e. The van der Waals surface area contributed by atoms with Crippen LogP contribution in [-0.4, -0.2) is 4.98 Å². The molecule has 4 aromatic rings. The molecule has 0 fully saturated rings. The Morgan fingerprint density at radius 3 is 2.57 bits per heavy atom. The minimum atomic E-state index is -1.36. The lowest BCUT2D eigenvalue weighted by Crippen LogP contribution is -2.02. The van der Waals surface area contributed by atoms with Gasteiger partial charge in [0.2, 0.25) is 0 Å². The van der Waals surface area contributed by atoms with Crippen LogP contribution in [0, 0.1) is 11.8 Å². The number of benzene rings is 2. The summed E-state index contributed by atoms with van der Waals surface area (Å²) in [5.41, 5.74) is 3.64. The molecule has 1 nitrogen and oxygen atoms in total. The summed E-state index contributed by atoms with van der Waals surface area (Å²) in [7, 11) is 0. The van der Waals surface area contributed by atoms with E-state index >= 15 is 0 Å². The van der Waals surface area contributed by atoms with E-state index in [0.717, 1.165) is 37.2 Å². The monoisotopic (exact) mass is 390 g/mol. The zero-order valence-corrected chi connectivity index (χ0v) is 18.0. The van der Waals surface area contributed by atoms with Crippen LogP contribution in [-0.2, 0) is 6.37 Å². The summed E-state index contributed by atoms with van der Waals surface area (Å²) < 4.78 is 28.0. The second-order valence-electron chi connectivity index (χ2n) is 8.06. The maximum Gasteiger partial charge on any atom is 0.0719 e. The van der Waals surface area contributed by atoms with Crippen LogP contribution in [0.3, 0.4) is 0 Å². The summed E-state index contributed by atoms with van der Waals surface area (Å²) in [6.07, 6.45) is 0.444. The molecule has 1 atom stereocenters. The second-order valence-corrected chi connectivity index (χ2v) is 9.11. The first kappa shape index (κ1) is 15.7. The van der Waals surface area contributed by atoms with Gasteiger partial charge < -0.3 is 0 Å². The summed E-state index contributed by atoms with van der Waals surface area (Å²) in [4.78, 5) is 4.65. The average molecular weight is 391 g/mol. The van der Waals surface area contributed by atoms with E-state index in [1.165, 1.54) is 5.39 Å². The van der Waals surface area contributed by atoms with Crippen molar-refractivity contribution in [2.45, 2.75) is 46.9 Å². The first-order valence-corrected chi connectivity index (χ1v) is 10.8. The molecule has 2 heterocycles. The van der Waals surface area contributed by atoms with E-state index in [1.807, 2.05) is 39.0 Å². The third-order valence-corrected chi connectivity index (χ3v) is 6.51. The van der Waals surface area contributed by atoms with E-state index in [2.05, 4.69) is 49.2 Å². The van der Waals surface area contributed by atoms with Crippen molar-refractivity contribution in [3.05, 3.63) is 65.9 Å². The molecule has 0 amide bonds. The molecule has 0 saturated carbocycles. The first-order chi connectivity index (χ1) is 14.5. The minimum absolute atomic E-state index is 0.0954. The molecule has 0 radical (unpaired) electrons. The summed E-state index contributed by atoms with van der Waals surface area (Å²) in [6.45, 7) is 9.95. The molecule has 0 aliphatic carbocycles. The fourth-order valence-corrected chi connectivity index (χ4v) is 4.84. The van der Waals surface area contributed by atoms with Gasteiger partial charge in [0.25, 0.3) is 0 Å². The Morgan fingerprint density at radius 2 is 1.82 bits per heavy atom. The Balaban J connectivity index is 1.89. The molecular formula is C26H29NS. The van der Waals surface area contributed by atoms with Crippen molar-refractivity contribution in [1.82, 2.24) is 4.98 Å². The number of hydrogen-bond donors (Lipinski definition) is 0. The van der Waals surface area contributed by atoms with Crippen LogP contribution in [0.2, 0.25) is 0 Å². The number of rotatable bonds is 5. The molecule has 0 saturated heterocycles. The van der Waals surface area contributed by atoms with Gasteiger partial charge in [-0.3, -0.25) is 4.98 Å². The predicted octanol–water partition coefficient (Wildman–Crippen LogP) is 8.07. The van der Waals surface area contributed by atoms with Crippen molar-refractivity contribution in [2.24, 2.45) is 11.8 Å². The van der Waals surface area contributed by atoms with E-state index in [9.17, 15) is 0 Å². The first-order valence-electron chi connectivity index (χ1n) is 11.5. The van der Waals surface area contributed by atoms with Crippen molar-refractivity contribution < 1.29 is 4.11 Å². The highest BCUT2D eigenvalue weighted by Gasteiger charge is 2.15. The highest BCUT2D eigenvalue weighted by molar-refractivity contribution is 7.26. The zero-order valence-electron chi connectivity index (χ0n) is 20.2. The number of aromatic nitrogens is 1. The van der Waals surface area contributed by atoms with Crippen LogP contribution in [0.4, 0.5) is 0 Å². The molecule has 0 bridgehead atoms. The quantitative estimate of drug-likeness (QED) is 0.335. The maximum absolute atomic E-state index is 8.79. The Bertz CT molecular complexity index is 1250. The summed E-state index contributed by atoms with van der Waals surface area (Å²) in [6, 6.07) is 16.3. The standard InChI is InChI=1S/C26H29NS/c1-16(2)13-19-9-10-21-22-7-6-8-23(26(22)28-25(21)14-19)24-15-20(11-12-27-24)18(5)17(3)4/h6-12,14-18H,13H2,1-5H3/i13D2,18D. The topological polar surface area (TPSA) is 12.9 Å². The van der Waals surface area contributed by atoms with E-state index < -0.39 is 12.3 Å². The van der Waals surface area contributed by atoms with Gasteiger partial charge in [0.15, 0.2) is 0 Å². The predicted molar refractivity (Wildman–Crippen MR) is 124 cm³/mol. The molecule has 0 aliphatic heterocycles. The Hall–Kier alpha value is -2.19. The molecule has 144 valence electrons. The highest BCUT2D eigenvalue weighted by Crippen LogP contribution is 2.40. The van der Waals surface area contributed by atoms with Gasteiger partial charge in [-0.2, -0.15) is 0 Å². The number of pyridine rings is 1. The van der Waals surface area contributed by atoms with E-state index in [1.54, 1.807) is 17.5 Å². The van der Waals surface area contributed by atoms with Gasteiger partial charge in [-0.25, -0.2) is 0 Å². The van der Waals surface area contributed by atoms with Crippen molar-refractivity contribution >= 4 is 31.5 Å². The van der Waals surface area contributed by atoms with Crippen LogP contribution in [0.25, 0.3) is 31.4 Å². The van der Waals surface area contributed by atoms with Gasteiger partial charge in [-0.05, 0) is 53.4 Å². The number of fused-ring (bicyclic) bond motifs is 3. The molecule has 2 heteroatoms. The molecule has 1 unspecified atom stereocenters. The van der Waals surface area contributed by atoms with Crippen LogP contribution in [0.5, 0.6) is 0 Å². The van der Waals surface area contributed by atoms with Crippen LogP contribution >= 0.6 is 11.3 Å². The Kier molecular flexibility index (Phi) is 4.30. The largest absolute Gasteiger partial charge is 0.256 e. The molecule has 0 spiro atoms. The zero-order chi connectivity index (χ0) is 22.6. The van der Waals surface area contributed by atoms with E-state index in [0.29, 0.717) is 0 Å². The summed E-state index contributed by atoms with van der Waals surface area (Å²) in [5, 5.41) is 2.31. The number of hydrogen-bond acceptors (Lipinski definition) is 2. The molecule has 28 heavy (non-hydrogen) atoms. The van der Waals surface area contributed by atoms with Gasteiger partial charge in [0, 0.05) is 36.0 Å². The fourth-order valence-electron chi connectivity index (χ4n) is 3.58. The van der Waals surface area contributed by atoms with E-state index in [-0.39, 0.29) is 11.8 Å². The molecule has 0 N–H and O–H groups in total. The SMILES string of the molecule is [2H]C([2H])(c1ccc2c(c1)sc1c(-c3cc(C([2H])(C)C(C)C)ccn3)cccc12)C(C)C. The van der Waals surface area contributed by atoms with Gasteiger partial charge >= 0.3 is 0 Å². The smallest absolute Gasteiger partial charge is 0.0719 e. The van der Waals surface area contributed by atoms with E-state index in [4.69, 9.17) is 4.11 Å². The molecule has 4 rings (SSSR count). The molecule has 2 aromatic heterocycles. The van der Waals surface area contributed by atoms with Crippen LogP contribution < -0.4 is 0 Å². The van der Waals surface area contributed by atoms with Crippen molar-refractivity contribution in [3.8, 4) is 11.3 Å². The number of thiophene rings is 1. The van der Waals surface area contributed by atoms with Crippen LogP contribution in [0.1, 0.15) is 55.8 Å². The second kappa shape index (κ2) is 7.67. The average Bonchev–Trinajstić information content (AvgIpc) is 3.11. The van der Waals surface area contributed by atoms with Gasteiger partial charge in [0.05, 0.1) is 5.69 Å². The van der Waals surface area contributed by atoms with Gasteiger partial charge in [-0.15, -0.1) is 11.3 Å². The molecule has 0 aliphatic rings. The summed E-state index contributed by atoms with van der Waals surface area (Å²) >= 11 is 1.69. The fraction of sp³-hybridized carbons (Fsp3) is 0.346. The van der Waals surface area contributed by atoms with Crippen molar-refractivity contribution in [3.63, 3.8) is 0 Å². The number of nitrogens with zero attached hydrogens (tertiary/aromatic N) is 1. The van der Waals surface area contributed by atoms with Gasteiger partial charge in [0.1, 0.15) is 0 Å². The van der Waals surface area contributed by atoms with Crippen molar-refractivity contribution in [2.75, 3.05) is 0 Å². The Morgan fingerprint density at radius 1 is 1.00 bits per heavy atom. The van der Waals surface area contributed by atoms with Crippen LogP contribution in [0.15, 0.2) is 54.7 Å². The molecule has 2 aromatic carbocycles. The Labute approximate surface area is 176 Å². The lowest BCUT2D eigenvalue weighted by atomic mass is 9.90. The highest BCUT2D eigenvalue weighted by atomic mass is 32.1. The lowest BCUT2D eigenvalue weighted by molar-refractivity contribution is 0.535. The van der Waals surface area contributed by atoms with Crippen molar-refractivity contribution in [1.29, 1.82) is 0 Å². The lowest BCUT2D eigenvalue weighted by Gasteiger charge is -2.16. The normalized spacial score (nSPS) is 16.3.